The van der Waals surface area contributed by atoms with E-state index < -0.39 is 4.92 Å². The Labute approximate surface area is 161 Å². The second-order valence-electron chi connectivity index (χ2n) is 6.10. The van der Waals surface area contributed by atoms with Crippen molar-refractivity contribution in [3.05, 3.63) is 51.1 Å². The third-order valence-corrected chi connectivity index (χ3v) is 6.24. The van der Waals surface area contributed by atoms with Crippen molar-refractivity contribution >= 4 is 43.8 Å². The van der Waals surface area contributed by atoms with Gasteiger partial charge in [-0.25, -0.2) is 9.37 Å². The molecule has 140 valence electrons. The highest BCUT2D eigenvalue weighted by molar-refractivity contribution is 7.20. The predicted molar refractivity (Wildman–Crippen MR) is 100 cm³/mol. The number of fused-ring (bicyclic) bond motifs is 1. The molecule has 0 unspecified atom stereocenters. The van der Waals surface area contributed by atoms with E-state index in [-0.39, 0.29) is 22.8 Å². The predicted octanol–water partition coefficient (Wildman–Crippen LogP) is 4.09. The van der Waals surface area contributed by atoms with E-state index >= 15 is 0 Å². The third kappa shape index (κ3) is 3.76. The molecule has 1 amide bonds. The highest BCUT2D eigenvalue weighted by atomic mass is 32.1. The number of thiazole rings is 1. The van der Waals surface area contributed by atoms with Gasteiger partial charge in [0.15, 0.2) is 0 Å². The number of rotatable bonds is 4. The normalized spacial score (nSPS) is 15.2. The van der Waals surface area contributed by atoms with Crippen LogP contribution in [0.15, 0.2) is 30.3 Å². The monoisotopic (exact) mass is 407 g/mol. The van der Waals surface area contributed by atoms with Crippen molar-refractivity contribution < 1.29 is 18.8 Å². The maximum atomic E-state index is 13.3. The number of thiophene rings is 1. The van der Waals surface area contributed by atoms with Gasteiger partial charge < -0.3 is 9.64 Å². The third-order valence-electron chi connectivity index (χ3n) is 4.31. The number of carbonyl (C=O) groups is 1. The van der Waals surface area contributed by atoms with E-state index in [1.165, 1.54) is 35.6 Å². The summed E-state index contributed by atoms with van der Waals surface area (Å²) >= 11 is 2.19. The van der Waals surface area contributed by atoms with Crippen molar-refractivity contribution in [3.8, 4) is 5.19 Å². The van der Waals surface area contributed by atoms with Crippen LogP contribution in [0.3, 0.4) is 0 Å². The Morgan fingerprint density at radius 1 is 1.26 bits per heavy atom. The molecule has 2 aromatic heterocycles. The summed E-state index contributed by atoms with van der Waals surface area (Å²) in [5.41, 5.74) is 0.698. The number of halogens is 1. The number of piperidine rings is 1. The van der Waals surface area contributed by atoms with Gasteiger partial charge in [0.05, 0.1) is 20.0 Å². The molecule has 0 N–H and O–H groups in total. The first-order chi connectivity index (χ1) is 13.0. The topological polar surface area (TPSA) is 85.6 Å². The summed E-state index contributed by atoms with van der Waals surface area (Å²) in [5, 5.41) is 11.2. The van der Waals surface area contributed by atoms with Crippen molar-refractivity contribution in [2.75, 3.05) is 13.1 Å². The van der Waals surface area contributed by atoms with Crippen LogP contribution in [0.1, 0.15) is 22.5 Å². The Balaban J connectivity index is 1.36. The quantitative estimate of drug-likeness (QED) is 0.480. The fraction of sp³-hybridized carbons (Fsp3) is 0.294. The number of ether oxygens (including phenoxy) is 1. The number of aromatic nitrogens is 1. The van der Waals surface area contributed by atoms with Gasteiger partial charge in [-0.1, -0.05) is 22.7 Å². The van der Waals surface area contributed by atoms with Crippen molar-refractivity contribution in [3.63, 3.8) is 0 Å². The van der Waals surface area contributed by atoms with Crippen molar-refractivity contribution in [1.82, 2.24) is 9.88 Å². The number of nitrogens with zero attached hydrogens (tertiary/aromatic N) is 3. The van der Waals surface area contributed by atoms with Gasteiger partial charge in [-0.15, -0.1) is 0 Å². The first-order valence-electron chi connectivity index (χ1n) is 8.26. The van der Waals surface area contributed by atoms with E-state index in [1.54, 1.807) is 11.0 Å². The van der Waals surface area contributed by atoms with Crippen LogP contribution in [0, 0.1) is 15.9 Å². The molecule has 0 spiro atoms. The van der Waals surface area contributed by atoms with Gasteiger partial charge in [0, 0.05) is 32.0 Å². The molecular formula is C17H14FN3O4S2. The molecule has 0 atom stereocenters. The summed E-state index contributed by atoms with van der Waals surface area (Å²) in [5.74, 6) is -0.500. The maximum absolute atomic E-state index is 13.3. The second-order valence-corrected chi connectivity index (χ2v) is 8.15. The smallest absolute Gasteiger partial charge is 0.324 e. The fourth-order valence-electron chi connectivity index (χ4n) is 2.94. The van der Waals surface area contributed by atoms with Gasteiger partial charge in [-0.05, 0) is 24.3 Å². The van der Waals surface area contributed by atoms with Crippen LogP contribution in [0.4, 0.5) is 9.39 Å². The summed E-state index contributed by atoms with van der Waals surface area (Å²) in [6.07, 6.45) is 1.21. The Hall–Kier alpha value is -2.59. The molecule has 0 aliphatic carbocycles. The first-order valence-corrected chi connectivity index (χ1v) is 9.89. The van der Waals surface area contributed by atoms with Crippen LogP contribution < -0.4 is 4.74 Å². The van der Waals surface area contributed by atoms with E-state index in [1.807, 2.05) is 0 Å². The van der Waals surface area contributed by atoms with Gasteiger partial charge in [0.2, 0.25) is 0 Å². The Kier molecular flexibility index (Phi) is 4.75. The largest absolute Gasteiger partial charge is 0.467 e. The van der Waals surface area contributed by atoms with Crippen LogP contribution in [0.25, 0.3) is 10.2 Å². The molecule has 10 heteroatoms. The van der Waals surface area contributed by atoms with Crippen molar-refractivity contribution in [2.45, 2.75) is 18.9 Å². The van der Waals surface area contributed by atoms with E-state index in [0.29, 0.717) is 41.5 Å². The zero-order chi connectivity index (χ0) is 19.0. The van der Waals surface area contributed by atoms with E-state index in [0.717, 1.165) is 16.0 Å². The molecule has 0 radical (unpaired) electrons. The molecule has 7 nitrogen and oxygen atoms in total. The van der Waals surface area contributed by atoms with Gasteiger partial charge in [-0.3, -0.25) is 14.9 Å². The van der Waals surface area contributed by atoms with Gasteiger partial charge >= 0.3 is 5.00 Å². The lowest BCUT2D eigenvalue weighted by Gasteiger charge is -2.31. The molecule has 1 fully saturated rings. The van der Waals surface area contributed by atoms with E-state index in [9.17, 15) is 19.3 Å². The molecule has 1 aromatic carbocycles. The molecule has 3 heterocycles. The highest BCUT2D eigenvalue weighted by Gasteiger charge is 2.27. The molecule has 0 bridgehead atoms. The van der Waals surface area contributed by atoms with Gasteiger partial charge in [-0.2, -0.15) is 0 Å². The molecule has 3 aromatic rings. The van der Waals surface area contributed by atoms with Gasteiger partial charge in [0.25, 0.3) is 11.1 Å². The molecule has 1 aliphatic rings. The number of hydrogen-bond donors (Lipinski definition) is 0. The number of carbonyl (C=O) groups excluding carboxylic acids is 1. The minimum absolute atomic E-state index is 0.0381. The maximum Gasteiger partial charge on any atom is 0.324 e. The summed E-state index contributed by atoms with van der Waals surface area (Å²) < 4.78 is 19.9. The van der Waals surface area contributed by atoms with Crippen LogP contribution >= 0.6 is 22.7 Å². The van der Waals surface area contributed by atoms with Crippen LogP contribution in [-0.4, -0.2) is 39.9 Å². The number of amides is 1. The fourth-order valence-corrected chi connectivity index (χ4v) is 4.64. The minimum atomic E-state index is -0.495. The first kappa shape index (κ1) is 17.8. The van der Waals surface area contributed by atoms with E-state index in [2.05, 4.69) is 4.98 Å². The average molecular weight is 407 g/mol. The lowest BCUT2D eigenvalue weighted by atomic mass is 10.1. The number of hydrogen-bond acceptors (Lipinski definition) is 7. The average Bonchev–Trinajstić information content (AvgIpc) is 3.28. The molecule has 0 saturated carbocycles. The zero-order valence-electron chi connectivity index (χ0n) is 14.0. The number of benzene rings is 1. The standard InChI is InChI=1S/C17H14FN3O4S2/c18-10-1-2-12-14(9-10)27-17(19-12)25-11-5-7-20(8-6-11)16(22)13-3-4-15(26-13)21(23)24/h1-4,9,11H,5-8H2. The lowest BCUT2D eigenvalue weighted by Crippen LogP contribution is -2.41. The van der Waals surface area contributed by atoms with Crippen LogP contribution in [0.5, 0.6) is 5.19 Å². The summed E-state index contributed by atoms with van der Waals surface area (Å²) in [4.78, 5) is 29.2. The lowest BCUT2D eigenvalue weighted by molar-refractivity contribution is -0.380. The summed E-state index contributed by atoms with van der Waals surface area (Å²) in [6, 6.07) is 7.26. The van der Waals surface area contributed by atoms with Crippen LogP contribution in [0.2, 0.25) is 0 Å². The SMILES string of the molecule is O=C(c1ccc([N+](=O)[O-])s1)N1CCC(Oc2nc3ccc(F)cc3s2)CC1. The Morgan fingerprint density at radius 3 is 2.74 bits per heavy atom. The number of nitro groups is 1. The minimum Gasteiger partial charge on any atom is -0.467 e. The Morgan fingerprint density at radius 2 is 2.04 bits per heavy atom. The molecule has 1 saturated heterocycles. The van der Waals surface area contributed by atoms with Crippen molar-refractivity contribution in [1.29, 1.82) is 0 Å². The molecule has 1 aliphatic heterocycles. The second kappa shape index (κ2) is 7.20. The summed E-state index contributed by atoms with van der Waals surface area (Å²) in [7, 11) is 0. The van der Waals surface area contributed by atoms with Crippen LogP contribution in [-0.2, 0) is 0 Å². The molecular weight excluding hydrogens is 393 g/mol. The van der Waals surface area contributed by atoms with E-state index in [4.69, 9.17) is 4.74 Å². The highest BCUT2D eigenvalue weighted by Crippen LogP contribution is 2.31. The van der Waals surface area contributed by atoms with Gasteiger partial charge in [0.1, 0.15) is 11.9 Å². The summed E-state index contributed by atoms with van der Waals surface area (Å²) in [6.45, 7) is 1.02. The molecule has 4 rings (SSSR count). The number of likely N-dealkylation sites (tertiary alicyclic amines) is 1. The van der Waals surface area contributed by atoms with Crippen molar-refractivity contribution in [2.24, 2.45) is 0 Å². The molecule has 27 heavy (non-hydrogen) atoms. The zero-order valence-corrected chi connectivity index (χ0v) is 15.6. The Bertz CT molecular complexity index is 1010.